The van der Waals surface area contributed by atoms with E-state index in [9.17, 15) is 4.79 Å². The van der Waals surface area contributed by atoms with Crippen molar-refractivity contribution in [2.24, 2.45) is 11.7 Å². The second kappa shape index (κ2) is 7.67. The predicted molar refractivity (Wildman–Crippen MR) is 93.7 cm³/mol. The number of carbonyl (C=O) groups is 1. The third-order valence-corrected chi connectivity index (χ3v) is 5.16. The molecule has 0 aromatic carbocycles. The third kappa shape index (κ3) is 4.27. The van der Waals surface area contributed by atoms with Gasteiger partial charge in [0.25, 0.3) is 0 Å². The van der Waals surface area contributed by atoms with Crippen molar-refractivity contribution in [2.75, 3.05) is 0 Å². The molecule has 0 radical (unpaired) electrons. The fraction of sp³-hybridized carbons (Fsp3) is 0.765. The zero-order chi connectivity index (χ0) is 15.7. The zero-order valence-corrected chi connectivity index (χ0v) is 14.9. The number of amides is 1. The second-order valence-electron chi connectivity index (χ2n) is 7.24. The predicted octanol–water partition coefficient (Wildman–Crippen LogP) is 2.38. The van der Waals surface area contributed by atoms with Gasteiger partial charge in [0.05, 0.1) is 5.69 Å². The normalized spacial score (nSPS) is 26.7. The Labute approximate surface area is 144 Å². The molecule has 3 N–H and O–H groups in total. The van der Waals surface area contributed by atoms with Crippen LogP contribution in [0.3, 0.4) is 0 Å². The molecule has 1 unspecified atom stereocenters. The molecule has 1 amide bonds. The summed E-state index contributed by atoms with van der Waals surface area (Å²) < 4.78 is 2.03. The molecule has 2 aliphatic rings. The standard InChI is InChI=1S/C17H28N4O.ClH/c1-11(2)21-10-13-6-7-14(9-16(13)20-21)19-17(22)8-12-4-3-5-15(12)18;/h10-12,14-15H,3-9,18H2,1-2H3,(H,19,22);1H/t12-,14?,15+;/m0./s1. The minimum atomic E-state index is 0. The number of aromatic nitrogens is 2. The number of hydrogen-bond acceptors (Lipinski definition) is 3. The van der Waals surface area contributed by atoms with E-state index >= 15 is 0 Å². The van der Waals surface area contributed by atoms with Gasteiger partial charge < -0.3 is 11.1 Å². The van der Waals surface area contributed by atoms with Crippen LogP contribution in [0.5, 0.6) is 0 Å². The summed E-state index contributed by atoms with van der Waals surface area (Å²) in [4.78, 5) is 12.2. The maximum Gasteiger partial charge on any atom is 0.220 e. The Morgan fingerprint density at radius 2 is 2.22 bits per heavy atom. The van der Waals surface area contributed by atoms with Crippen LogP contribution in [-0.2, 0) is 17.6 Å². The van der Waals surface area contributed by atoms with Crippen molar-refractivity contribution in [1.82, 2.24) is 15.1 Å². The molecule has 1 fully saturated rings. The molecule has 3 rings (SSSR count). The number of rotatable bonds is 4. The molecule has 0 saturated heterocycles. The minimum Gasteiger partial charge on any atom is -0.353 e. The van der Waals surface area contributed by atoms with Gasteiger partial charge in [-0.1, -0.05) is 6.42 Å². The van der Waals surface area contributed by atoms with Crippen LogP contribution in [0.15, 0.2) is 6.20 Å². The lowest BCUT2D eigenvalue weighted by molar-refractivity contribution is -0.122. The molecule has 0 aliphatic heterocycles. The molecule has 130 valence electrons. The highest BCUT2D eigenvalue weighted by molar-refractivity contribution is 5.85. The van der Waals surface area contributed by atoms with Crippen molar-refractivity contribution in [3.05, 3.63) is 17.5 Å². The topological polar surface area (TPSA) is 72.9 Å². The van der Waals surface area contributed by atoms with Gasteiger partial charge in [-0.3, -0.25) is 9.48 Å². The molecular weight excluding hydrogens is 312 g/mol. The molecule has 3 atom stereocenters. The van der Waals surface area contributed by atoms with Gasteiger partial charge in [0, 0.05) is 37.2 Å². The van der Waals surface area contributed by atoms with Gasteiger partial charge in [0.2, 0.25) is 5.91 Å². The zero-order valence-electron chi connectivity index (χ0n) is 14.1. The molecule has 6 heteroatoms. The first-order valence-corrected chi connectivity index (χ1v) is 8.64. The fourth-order valence-corrected chi connectivity index (χ4v) is 3.74. The SMILES string of the molecule is CC(C)n1cc2c(n1)CC(NC(=O)C[C@@H]1CCC[C@H]1N)CC2.Cl. The van der Waals surface area contributed by atoms with Gasteiger partial charge in [0.15, 0.2) is 0 Å². The van der Waals surface area contributed by atoms with E-state index in [0.717, 1.165) is 37.8 Å². The summed E-state index contributed by atoms with van der Waals surface area (Å²) >= 11 is 0. The fourth-order valence-electron chi connectivity index (χ4n) is 3.74. The number of nitrogens with zero attached hydrogens (tertiary/aromatic N) is 2. The molecule has 2 aliphatic carbocycles. The molecular formula is C17H29ClN4O. The van der Waals surface area contributed by atoms with E-state index < -0.39 is 0 Å². The number of nitrogens with two attached hydrogens (primary N) is 1. The van der Waals surface area contributed by atoms with Crippen LogP contribution >= 0.6 is 12.4 Å². The van der Waals surface area contributed by atoms with Crippen molar-refractivity contribution in [2.45, 2.75) is 76.9 Å². The van der Waals surface area contributed by atoms with Crippen molar-refractivity contribution in [3.63, 3.8) is 0 Å². The lowest BCUT2D eigenvalue weighted by Crippen LogP contribution is -2.40. The van der Waals surface area contributed by atoms with Gasteiger partial charge in [-0.2, -0.15) is 5.10 Å². The Hall–Kier alpha value is -1.07. The Morgan fingerprint density at radius 1 is 1.43 bits per heavy atom. The number of hydrogen-bond donors (Lipinski definition) is 2. The average molecular weight is 341 g/mol. The molecule has 1 heterocycles. The summed E-state index contributed by atoms with van der Waals surface area (Å²) in [5.41, 5.74) is 8.56. The molecule has 0 bridgehead atoms. The highest BCUT2D eigenvalue weighted by atomic mass is 35.5. The second-order valence-corrected chi connectivity index (χ2v) is 7.24. The van der Waals surface area contributed by atoms with Gasteiger partial charge >= 0.3 is 0 Å². The van der Waals surface area contributed by atoms with E-state index in [0.29, 0.717) is 18.4 Å². The summed E-state index contributed by atoms with van der Waals surface area (Å²) in [6.45, 7) is 4.28. The summed E-state index contributed by atoms with van der Waals surface area (Å²) in [5, 5.41) is 7.87. The first kappa shape index (κ1) is 18.3. The van der Waals surface area contributed by atoms with Crippen molar-refractivity contribution in [3.8, 4) is 0 Å². The number of fused-ring (bicyclic) bond motifs is 1. The maximum atomic E-state index is 12.2. The van der Waals surface area contributed by atoms with Gasteiger partial charge in [0.1, 0.15) is 0 Å². The highest BCUT2D eigenvalue weighted by Crippen LogP contribution is 2.27. The smallest absolute Gasteiger partial charge is 0.220 e. The average Bonchev–Trinajstić information content (AvgIpc) is 3.05. The first-order valence-electron chi connectivity index (χ1n) is 8.64. The molecule has 1 aromatic rings. The third-order valence-electron chi connectivity index (χ3n) is 5.16. The monoisotopic (exact) mass is 340 g/mol. The molecule has 0 spiro atoms. The Kier molecular flexibility index (Phi) is 6.09. The van der Waals surface area contributed by atoms with E-state index in [-0.39, 0.29) is 30.4 Å². The van der Waals surface area contributed by atoms with E-state index in [4.69, 9.17) is 5.73 Å². The molecule has 5 nitrogen and oxygen atoms in total. The Balaban J connectivity index is 0.00000192. The molecule has 23 heavy (non-hydrogen) atoms. The summed E-state index contributed by atoms with van der Waals surface area (Å²) in [7, 11) is 0. The van der Waals surface area contributed by atoms with E-state index in [1.54, 1.807) is 0 Å². The van der Waals surface area contributed by atoms with Crippen LogP contribution in [0.2, 0.25) is 0 Å². The Morgan fingerprint density at radius 3 is 2.87 bits per heavy atom. The maximum absolute atomic E-state index is 12.2. The van der Waals surface area contributed by atoms with E-state index in [2.05, 4.69) is 30.5 Å². The van der Waals surface area contributed by atoms with Gasteiger partial charge in [-0.15, -0.1) is 12.4 Å². The van der Waals surface area contributed by atoms with Crippen molar-refractivity contribution in [1.29, 1.82) is 0 Å². The number of aryl methyl sites for hydroxylation is 1. The van der Waals surface area contributed by atoms with Crippen LogP contribution in [0.1, 0.15) is 63.3 Å². The van der Waals surface area contributed by atoms with E-state index in [1.807, 2.05) is 4.68 Å². The lowest BCUT2D eigenvalue weighted by atomic mass is 9.93. The number of halogens is 1. The summed E-state index contributed by atoms with van der Waals surface area (Å²) in [5.74, 6) is 0.540. The van der Waals surface area contributed by atoms with Crippen LogP contribution in [0.25, 0.3) is 0 Å². The highest BCUT2D eigenvalue weighted by Gasteiger charge is 2.28. The van der Waals surface area contributed by atoms with Crippen LogP contribution < -0.4 is 11.1 Å². The van der Waals surface area contributed by atoms with Crippen LogP contribution in [-0.4, -0.2) is 27.8 Å². The number of nitrogens with one attached hydrogen (secondary N) is 1. The van der Waals surface area contributed by atoms with Gasteiger partial charge in [-0.25, -0.2) is 0 Å². The van der Waals surface area contributed by atoms with Crippen LogP contribution in [0.4, 0.5) is 0 Å². The summed E-state index contributed by atoms with van der Waals surface area (Å²) in [6, 6.07) is 0.834. The quantitative estimate of drug-likeness (QED) is 0.883. The minimum absolute atomic E-state index is 0. The largest absolute Gasteiger partial charge is 0.353 e. The van der Waals surface area contributed by atoms with Gasteiger partial charge in [-0.05, 0) is 51.0 Å². The molecule has 1 aromatic heterocycles. The van der Waals surface area contributed by atoms with Crippen molar-refractivity contribution >= 4 is 18.3 Å². The summed E-state index contributed by atoms with van der Waals surface area (Å²) in [6.07, 6.45) is 8.96. The molecule has 1 saturated carbocycles. The van der Waals surface area contributed by atoms with Crippen LogP contribution in [0, 0.1) is 5.92 Å². The van der Waals surface area contributed by atoms with Crippen molar-refractivity contribution < 1.29 is 4.79 Å². The number of carbonyl (C=O) groups excluding carboxylic acids is 1. The first-order chi connectivity index (χ1) is 10.5. The Bertz CT molecular complexity index is 543. The lowest BCUT2D eigenvalue weighted by Gasteiger charge is -2.23. The van der Waals surface area contributed by atoms with E-state index in [1.165, 1.54) is 12.0 Å².